The highest BCUT2D eigenvalue weighted by atomic mass is 16.5. The average molecular weight is 233 g/mol. The third-order valence-electron chi connectivity index (χ3n) is 3.95. The summed E-state index contributed by atoms with van der Waals surface area (Å²) in [6.07, 6.45) is 7.63. The minimum absolute atomic E-state index is 0.106. The molecule has 1 aliphatic heterocycles. The Bertz CT molecular complexity index is 334. The van der Waals surface area contributed by atoms with E-state index in [4.69, 9.17) is 4.74 Å². The quantitative estimate of drug-likeness (QED) is 0.786. The van der Waals surface area contributed by atoms with Crippen LogP contribution in [0.2, 0.25) is 0 Å². The minimum atomic E-state index is 0.106. The van der Waals surface area contributed by atoms with Gasteiger partial charge in [-0.3, -0.25) is 4.98 Å². The maximum Gasteiger partial charge on any atom is 0.0686 e. The molecule has 0 spiro atoms. The zero-order valence-electron chi connectivity index (χ0n) is 11.0. The zero-order valence-corrected chi connectivity index (χ0v) is 11.0. The maximum absolute atomic E-state index is 6.08. The van der Waals surface area contributed by atoms with Gasteiger partial charge in [0, 0.05) is 24.4 Å². The Morgan fingerprint density at radius 2 is 2.29 bits per heavy atom. The van der Waals surface area contributed by atoms with E-state index in [0.29, 0.717) is 5.92 Å². The van der Waals surface area contributed by atoms with Crippen molar-refractivity contribution in [2.24, 2.45) is 0 Å². The molecule has 1 aliphatic rings. The largest absolute Gasteiger partial charge is 0.375 e. The standard InChI is InChI=1S/C15H23NO/c1-3-9-15(4-2)12-13(8-11-17-15)14-7-5-6-10-16-14/h5-7,10,13H,3-4,8-9,11-12H2,1-2H3. The Kier molecular flexibility index (Phi) is 4.16. The molecule has 2 unspecified atom stereocenters. The van der Waals surface area contributed by atoms with Gasteiger partial charge in [0.1, 0.15) is 0 Å². The molecule has 1 aromatic heterocycles. The number of hydrogen-bond donors (Lipinski definition) is 0. The molecule has 1 aromatic rings. The summed E-state index contributed by atoms with van der Waals surface area (Å²) in [6.45, 7) is 5.37. The lowest BCUT2D eigenvalue weighted by Crippen LogP contribution is -2.38. The van der Waals surface area contributed by atoms with Crippen LogP contribution in [0.1, 0.15) is 57.6 Å². The second-order valence-electron chi connectivity index (χ2n) is 5.08. The topological polar surface area (TPSA) is 22.1 Å². The van der Waals surface area contributed by atoms with Gasteiger partial charge < -0.3 is 4.74 Å². The van der Waals surface area contributed by atoms with Crippen LogP contribution in [0.15, 0.2) is 24.4 Å². The molecule has 2 rings (SSSR count). The van der Waals surface area contributed by atoms with E-state index in [2.05, 4.69) is 31.0 Å². The van der Waals surface area contributed by atoms with Gasteiger partial charge in [0.05, 0.1) is 5.60 Å². The Labute approximate surface area is 104 Å². The lowest BCUT2D eigenvalue weighted by molar-refractivity contribution is -0.0937. The first-order valence-electron chi connectivity index (χ1n) is 6.84. The first-order chi connectivity index (χ1) is 8.29. The van der Waals surface area contributed by atoms with Gasteiger partial charge in [-0.05, 0) is 37.8 Å². The van der Waals surface area contributed by atoms with E-state index in [9.17, 15) is 0 Å². The van der Waals surface area contributed by atoms with E-state index in [1.807, 2.05) is 12.3 Å². The predicted molar refractivity (Wildman–Crippen MR) is 70.1 cm³/mol. The molecule has 0 N–H and O–H groups in total. The van der Waals surface area contributed by atoms with E-state index in [1.165, 1.54) is 18.5 Å². The summed E-state index contributed by atoms with van der Waals surface area (Å²) < 4.78 is 6.08. The van der Waals surface area contributed by atoms with Gasteiger partial charge in [0.25, 0.3) is 0 Å². The molecular formula is C15H23NO. The van der Waals surface area contributed by atoms with E-state index in [-0.39, 0.29) is 5.60 Å². The molecule has 94 valence electrons. The van der Waals surface area contributed by atoms with Crippen molar-refractivity contribution in [3.63, 3.8) is 0 Å². The van der Waals surface area contributed by atoms with E-state index >= 15 is 0 Å². The molecule has 1 fully saturated rings. The molecule has 0 bridgehead atoms. The van der Waals surface area contributed by atoms with Gasteiger partial charge in [-0.15, -0.1) is 0 Å². The second-order valence-corrected chi connectivity index (χ2v) is 5.08. The zero-order chi connectivity index (χ0) is 12.1. The summed E-state index contributed by atoms with van der Waals surface area (Å²) in [6, 6.07) is 6.23. The SMILES string of the molecule is CCCC1(CC)CC(c2ccccn2)CCO1. The van der Waals surface area contributed by atoms with Gasteiger partial charge in [-0.1, -0.05) is 26.3 Å². The van der Waals surface area contributed by atoms with Crippen molar-refractivity contribution in [2.45, 2.75) is 57.5 Å². The number of hydrogen-bond acceptors (Lipinski definition) is 2. The van der Waals surface area contributed by atoms with Gasteiger partial charge in [-0.25, -0.2) is 0 Å². The molecule has 0 saturated carbocycles. The smallest absolute Gasteiger partial charge is 0.0686 e. The molecule has 1 saturated heterocycles. The first-order valence-corrected chi connectivity index (χ1v) is 6.84. The van der Waals surface area contributed by atoms with Crippen molar-refractivity contribution in [3.05, 3.63) is 30.1 Å². The third-order valence-corrected chi connectivity index (χ3v) is 3.95. The van der Waals surface area contributed by atoms with Crippen LogP contribution in [0.5, 0.6) is 0 Å². The predicted octanol–water partition coefficient (Wildman–Crippen LogP) is 3.92. The second kappa shape index (κ2) is 5.63. The molecular weight excluding hydrogens is 210 g/mol. The summed E-state index contributed by atoms with van der Waals surface area (Å²) in [5.74, 6) is 0.580. The monoisotopic (exact) mass is 233 g/mol. The Morgan fingerprint density at radius 1 is 1.41 bits per heavy atom. The van der Waals surface area contributed by atoms with Crippen molar-refractivity contribution in [2.75, 3.05) is 6.61 Å². The Balaban J connectivity index is 2.11. The fraction of sp³-hybridized carbons (Fsp3) is 0.667. The summed E-state index contributed by atoms with van der Waals surface area (Å²) in [4.78, 5) is 4.51. The summed E-state index contributed by atoms with van der Waals surface area (Å²) in [5, 5.41) is 0. The fourth-order valence-electron chi connectivity index (χ4n) is 2.95. The molecule has 2 nitrogen and oxygen atoms in total. The van der Waals surface area contributed by atoms with Crippen LogP contribution in [0, 0.1) is 0 Å². The fourth-order valence-corrected chi connectivity index (χ4v) is 2.95. The van der Waals surface area contributed by atoms with Crippen LogP contribution in [0.25, 0.3) is 0 Å². The number of pyridine rings is 1. The lowest BCUT2D eigenvalue weighted by atomic mass is 9.80. The Hall–Kier alpha value is -0.890. The van der Waals surface area contributed by atoms with Crippen LogP contribution >= 0.6 is 0 Å². The maximum atomic E-state index is 6.08. The number of aromatic nitrogens is 1. The van der Waals surface area contributed by atoms with Crippen molar-refractivity contribution >= 4 is 0 Å². The lowest BCUT2D eigenvalue weighted by Gasteiger charge is -2.40. The molecule has 2 atom stereocenters. The normalized spacial score (nSPS) is 29.2. The van der Waals surface area contributed by atoms with Crippen LogP contribution in [0.4, 0.5) is 0 Å². The van der Waals surface area contributed by atoms with Crippen molar-refractivity contribution in [3.8, 4) is 0 Å². The summed E-state index contributed by atoms with van der Waals surface area (Å²) in [7, 11) is 0. The van der Waals surface area contributed by atoms with E-state index < -0.39 is 0 Å². The van der Waals surface area contributed by atoms with Crippen molar-refractivity contribution in [1.82, 2.24) is 4.98 Å². The summed E-state index contributed by atoms with van der Waals surface area (Å²) in [5.41, 5.74) is 1.35. The molecule has 2 heteroatoms. The van der Waals surface area contributed by atoms with Crippen LogP contribution in [0.3, 0.4) is 0 Å². The summed E-state index contributed by atoms with van der Waals surface area (Å²) >= 11 is 0. The van der Waals surface area contributed by atoms with Crippen molar-refractivity contribution in [1.29, 1.82) is 0 Å². The molecule has 0 aliphatic carbocycles. The van der Waals surface area contributed by atoms with Gasteiger partial charge >= 0.3 is 0 Å². The molecule has 0 radical (unpaired) electrons. The Morgan fingerprint density at radius 3 is 2.94 bits per heavy atom. The molecule has 17 heavy (non-hydrogen) atoms. The highest BCUT2D eigenvalue weighted by molar-refractivity contribution is 5.11. The average Bonchev–Trinajstić information content (AvgIpc) is 2.40. The van der Waals surface area contributed by atoms with Gasteiger partial charge in [-0.2, -0.15) is 0 Å². The van der Waals surface area contributed by atoms with Gasteiger partial charge in [0.2, 0.25) is 0 Å². The number of ether oxygens (including phenoxy) is 1. The van der Waals surface area contributed by atoms with E-state index in [0.717, 1.165) is 25.9 Å². The molecule has 0 aromatic carbocycles. The number of rotatable bonds is 4. The minimum Gasteiger partial charge on any atom is -0.375 e. The molecule has 0 amide bonds. The first kappa shape index (κ1) is 12.6. The van der Waals surface area contributed by atoms with Crippen LogP contribution in [-0.4, -0.2) is 17.2 Å². The molecule has 2 heterocycles. The highest BCUT2D eigenvalue weighted by Gasteiger charge is 2.36. The van der Waals surface area contributed by atoms with Crippen LogP contribution < -0.4 is 0 Å². The highest BCUT2D eigenvalue weighted by Crippen LogP contribution is 2.39. The number of nitrogens with zero attached hydrogens (tertiary/aromatic N) is 1. The van der Waals surface area contributed by atoms with E-state index in [1.54, 1.807) is 0 Å². The third kappa shape index (κ3) is 2.86. The van der Waals surface area contributed by atoms with Gasteiger partial charge in [0.15, 0.2) is 0 Å². The van der Waals surface area contributed by atoms with Crippen molar-refractivity contribution < 1.29 is 4.74 Å². The van der Waals surface area contributed by atoms with Crippen LogP contribution in [-0.2, 0) is 4.74 Å².